The first-order valence-corrected chi connectivity index (χ1v) is 16.9. The molecule has 0 unspecified atom stereocenters. The van der Waals surface area contributed by atoms with E-state index in [1.165, 1.54) is 44.1 Å². The summed E-state index contributed by atoms with van der Waals surface area (Å²) in [5.41, 5.74) is 7.59. The lowest BCUT2D eigenvalue weighted by Gasteiger charge is -2.32. The summed E-state index contributed by atoms with van der Waals surface area (Å²) in [5.74, 6) is -0.290. The number of aromatic nitrogens is 2. The molecular weight excluding hydrogens is 638 g/mol. The second-order valence-corrected chi connectivity index (χ2v) is 12.6. The molecule has 12 heteroatoms. The van der Waals surface area contributed by atoms with Gasteiger partial charge in [-0.2, -0.15) is 9.97 Å². The highest BCUT2D eigenvalue weighted by atomic mass is 35.5. The Bertz CT molecular complexity index is 1930. The molecule has 0 saturated carbocycles. The number of fused-ring (bicyclic) bond motifs is 1. The van der Waals surface area contributed by atoms with E-state index in [2.05, 4.69) is 33.0 Å². The zero-order valence-corrected chi connectivity index (χ0v) is 28.5. The fourth-order valence-corrected chi connectivity index (χ4v) is 7.14. The number of aryl methyl sites for hydroxylation is 1. The van der Waals surface area contributed by atoms with Gasteiger partial charge >= 0.3 is 6.01 Å². The molecule has 4 aromatic rings. The number of amidine groups is 1. The van der Waals surface area contributed by atoms with E-state index in [1.54, 1.807) is 13.0 Å². The number of aromatic hydroxyl groups is 1. The van der Waals surface area contributed by atoms with E-state index in [4.69, 9.17) is 26.8 Å². The number of benzene rings is 3. The van der Waals surface area contributed by atoms with Crippen LogP contribution in [-0.2, 0) is 6.42 Å². The van der Waals surface area contributed by atoms with Crippen molar-refractivity contribution in [2.24, 2.45) is 10.7 Å². The van der Waals surface area contributed by atoms with Gasteiger partial charge in [-0.1, -0.05) is 30.7 Å². The van der Waals surface area contributed by atoms with Gasteiger partial charge in [-0.05, 0) is 99.8 Å². The van der Waals surface area contributed by atoms with Crippen LogP contribution in [0.5, 0.6) is 17.5 Å². The summed E-state index contributed by atoms with van der Waals surface area (Å²) in [6, 6.07) is 5.49. The van der Waals surface area contributed by atoms with E-state index >= 15 is 4.39 Å². The highest BCUT2D eigenvalue weighted by molar-refractivity contribution is 6.37. The minimum atomic E-state index is -0.766. The molecule has 48 heavy (non-hydrogen) atoms. The van der Waals surface area contributed by atoms with Crippen LogP contribution in [-0.4, -0.2) is 78.3 Å². The molecule has 3 aliphatic rings. The maximum atomic E-state index is 16.9. The number of hydrogen-bond donors (Lipinski definition) is 2. The molecule has 0 spiro atoms. The average molecular weight is 679 g/mol. The van der Waals surface area contributed by atoms with Crippen LogP contribution in [0.1, 0.15) is 45.6 Å². The van der Waals surface area contributed by atoms with Crippen LogP contribution in [0.2, 0.25) is 5.02 Å². The van der Waals surface area contributed by atoms with E-state index in [9.17, 15) is 9.50 Å². The number of halogens is 3. The number of nitrogens with two attached hydrogens (primary N) is 1. The predicted octanol–water partition coefficient (Wildman–Crippen LogP) is 7.03. The Morgan fingerprint density at radius 3 is 2.54 bits per heavy atom. The summed E-state index contributed by atoms with van der Waals surface area (Å²) in [5, 5.41) is 11.9. The van der Waals surface area contributed by atoms with Gasteiger partial charge in [0.15, 0.2) is 11.6 Å². The van der Waals surface area contributed by atoms with Crippen molar-refractivity contribution in [3.63, 3.8) is 0 Å². The highest BCUT2D eigenvalue weighted by Crippen LogP contribution is 2.50. The Hall–Kier alpha value is -4.22. The van der Waals surface area contributed by atoms with Crippen molar-refractivity contribution in [2.75, 3.05) is 51.3 Å². The van der Waals surface area contributed by atoms with Gasteiger partial charge in [-0.3, -0.25) is 4.99 Å². The van der Waals surface area contributed by atoms with Gasteiger partial charge in [-0.25, -0.2) is 8.78 Å². The first-order chi connectivity index (χ1) is 23.1. The molecule has 9 nitrogen and oxygen atoms in total. The van der Waals surface area contributed by atoms with Gasteiger partial charge in [0.1, 0.15) is 35.3 Å². The van der Waals surface area contributed by atoms with Crippen molar-refractivity contribution in [3.05, 3.63) is 58.1 Å². The maximum absolute atomic E-state index is 16.9. The molecule has 7 rings (SSSR count). The van der Waals surface area contributed by atoms with Crippen molar-refractivity contribution in [1.82, 2.24) is 14.9 Å². The van der Waals surface area contributed by atoms with Gasteiger partial charge in [0.25, 0.3) is 0 Å². The quantitative estimate of drug-likeness (QED) is 0.224. The van der Waals surface area contributed by atoms with E-state index in [-0.39, 0.29) is 63.8 Å². The summed E-state index contributed by atoms with van der Waals surface area (Å²) < 4.78 is 43.8. The summed E-state index contributed by atoms with van der Waals surface area (Å²) >= 11 is 7.00. The average Bonchev–Trinajstić information content (AvgIpc) is 3.47. The van der Waals surface area contributed by atoms with Gasteiger partial charge in [-0.15, -0.1) is 0 Å². The van der Waals surface area contributed by atoms with Crippen molar-refractivity contribution in [1.29, 1.82) is 0 Å². The molecule has 0 radical (unpaired) electrons. The number of dihydropyridines is 1. The van der Waals surface area contributed by atoms with Crippen LogP contribution in [0.4, 0.5) is 14.6 Å². The van der Waals surface area contributed by atoms with E-state index in [1.807, 2.05) is 18.7 Å². The van der Waals surface area contributed by atoms with Gasteiger partial charge in [0, 0.05) is 17.7 Å². The Labute approximate surface area is 284 Å². The van der Waals surface area contributed by atoms with Gasteiger partial charge in [0.2, 0.25) is 0 Å². The van der Waals surface area contributed by atoms with Crippen molar-refractivity contribution in [3.8, 4) is 28.6 Å². The molecule has 3 N–H and O–H groups in total. The topological polar surface area (TPSA) is 109 Å². The smallest absolute Gasteiger partial charge is 0.319 e. The van der Waals surface area contributed by atoms with Crippen molar-refractivity contribution in [2.45, 2.75) is 52.5 Å². The van der Waals surface area contributed by atoms with Crippen LogP contribution in [0, 0.1) is 11.6 Å². The third-order valence-corrected chi connectivity index (χ3v) is 9.52. The van der Waals surface area contributed by atoms with Crippen LogP contribution < -0.4 is 20.1 Å². The minimum Gasteiger partial charge on any atom is -0.508 e. The normalized spacial score (nSPS) is 16.9. The minimum absolute atomic E-state index is 0.0162. The summed E-state index contributed by atoms with van der Waals surface area (Å²) in [6.07, 6.45) is 5.97. The van der Waals surface area contributed by atoms with Crippen LogP contribution in [0.25, 0.3) is 32.8 Å². The largest absolute Gasteiger partial charge is 0.508 e. The predicted molar refractivity (Wildman–Crippen MR) is 188 cm³/mol. The number of ether oxygens (including phenoxy) is 2. The van der Waals surface area contributed by atoms with Crippen LogP contribution >= 0.6 is 11.6 Å². The van der Waals surface area contributed by atoms with Crippen LogP contribution in [0.15, 0.2) is 40.9 Å². The summed E-state index contributed by atoms with van der Waals surface area (Å²) in [7, 11) is 2.17. The number of anilines is 1. The Morgan fingerprint density at radius 1 is 1.10 bits per heavy atom. The third-order valence-electron chi connectivity index (χ3n) is 9.16. The molecule has 1 atom stereocenters. The number of phenols is 1. The van der Waals surface area contributed by atoms with E-state index < -0.39 is 11.6 Å². The van der Waals surface area contributed by atoms with Crippen molar-refractivity contribution >= 4 is 44.9 Å². The molecule has 1 saturated heterocycles. The molecule has 0 amide bonds. The zero-order valence-electron chi connectivity index (χ0n) is 27.7. The molecule has 1 aromatic heterocycles. The molecule has 3 aliphatic heterocycles. The first kappa shape index (κ1) is 33.7. The number of likely N-dealkylation sites (tertiary alicyclic amines) is 1. The monoisotopic (exact) mass is 678 g/mol. The van der Waals surface area contributed by atoms with E-state index in [0.29, 0.717) is 47.5 Å². The van der Waals surface area contributed by atoms with Crippen molar-refractivity contribution < 1.29 is 23.4 Å². The van der Waals surface area contributed by atoms with Crippen LogP contribution in [0.3, 0.4) is 0 Å². The molecular formula is C36H41ClF2N6O3. The molecule has 0 bridgehead atoms. The molecule has 3 aromatic carbocycles. The maximum Gasteiger partial charge on any atom is 0.319 e. The molecule has 254 valence electrons. The molecule has 0 aliphatic carbocycles. The number of hydrogen-bond acceptors (Lipinski definition) is 9. The Kier molecular flexibility index (Phi) is 9.89. The fraction of sp³-hybridized carbons (Fsp3) is 0.417. The molecule has 4 heterocycles. The zero-order chi connectivity index (χ0) is 34.1. The lowest BCUT2D eigenvalue weighted by atomic mass is 9.91. The standard InChI is InChI=1S/C31H30ClF2N5O3.C5H11N/c1-4-18-21(33)9-8-16-13-17(40)14-20(22(16)18)23-25(32)28-24-27(26(23)34)37-31(41-5-2)38-30(24)39(11-12-42-28)15(3)19-7-6-10-36-29(19)35;1-6-4-2-3-5-6/h7-9,13-15,40H,4-6,10-12H2,1-3H3,(H2,35,36);2-5H2,1H3/t15-;/m1./s1. The summed E-state index contributed by atoms with van der Waals surface area (Å²) in [4.78, 5) is 17.9. The highest BCUT2D eigenvalue weighted by Gasteiger charge is 2.34. The lowest BCUT2D eigenvalue weighted by molar-refractivity contribution is 0.313. The first-order valence-electron chi connectivity index (χ1n) is 16.5. The second kappa shape index (κ2) is 14.1. The molecule has 1 fully saturated rings. The number of nitrogens with zero attached hydrogens (tertiary/aromatic N) is 5. The number of aliphatic imine (C=N–C) groups is 1. The third kappa shape index (κ3) is 6.21. The second-order valence-electron chi connectivity index (χ2n) is 12.2. The Morgan fingerprint density at radius 2 is 1.88 bits per heavy atom. The number of phenolic OH excluding ortho intramolecular Hbond substituents is 1. The van der Waals surface area contributed by atoms with E-state index in [0.717, 1.165) is 12.0 Å². The van der Waals surface area contributed by atoms with Gasteiger partial charge in [0.05, 0.1) is 29.6 Å². The summed E-state index contributed by atoms with van der Waals surface area (Å²) in [6.45, 7) is 9.67. The number of rotatable bonds is 6. The lowest BCUT2D eigenvalue weighted by Crippen LogP contribution is -2.41. The Balaban J connectivity index is 0.000000604. The SMILES string of the molecule is CCOc1nc2c3c(c(Cl)c(-c4cc(O)cc5ccc(F)c(CC)c45)c(F)c3n1)OCCN2[C@H](C)C1=CCCN=C1N.CN1CCCC1. The fourth-order valence-electron chi connectivity index (χ4n) is 6.81. The van der Waals surface area contributed by atoms with Gasteiger partial charge < -0.3 is 30.1 Å².